The van der Waals surface area contributed by atoms with Crippen molar-refractivity contribution >= 4 is 6.09 Å². The summed E-state index contributed by atoms with van der Waals surface area (Å²) in [7, 11) is 0. The number of nitrogens with one attached hydrogen (secondary N) is 1. The molecule has 26 heavy (non-hydrogen) atoms. The van der Waals surface area contributed by atoms with Crippen LogP contribution in [-0.2, 0) is 6.61 Å². The lowest BCUT2D eigenvalue weighted by atomic mass is 9.97. The highest BCUT2D eigenvalue weighted by Crippen LogP contribution is 2.40. The Hall–Kier alpha value is -2.76. The van der Waals surface area contributed by atoms with Gasteiger partial charge in [-0.05, 0) is 43.0 Å². The van der Waals surface area contributed by atoms with Crippen molar-refractivity contribution in [3.05, 3.63) is 41.7 Å². The van der Waals surface area contributed by atoms with E-state index >= 15 is 0 Å². The summed E-state index contributed by atoms with van der Waals surface area (Å²) >= 11 is 0. The van der Waals surface area contributed by atoms with Crippen LogP contribution in [0.5, 0.6) is 11.5 Å². The number of aromatic nitrogens is 1. The summed E-state index contributed by atoms with van der Waals surface area (Å²) in [6.07, 6.45) is 1.49. The molecule has 0 saturated carbocycles. The van der Waals surface area contributed by atoms with Gasteiger partial charge in [0.25, 0.3) is 0 Å². The number of hydrogen-bond acceptors (Lipinski definition) is 4. The van der Waals surface area contributed by atoms with Gasteiger partial charge in [-0.1, -0.05) is 13.8 Å². The molecular formula is C20H24N2O4. The molecule has 0 spiro atoms. The number of pyridine rings is 1. The molecule has 0 bridgehead atoms. The van der Waals surface area contributed by atoms with Crippen LogP contribution >= 0.6 is 0 Å². The molecule has 2 aromatic rings. The van der Waals surface area contributed by atoms with Gasteiger partial charge in [-0.3, -0.25) is 4.98 Å². The fourth-order valence-electron chi connectivity index (χ4n) is 3.22. The Morgan fingerprint density at radius 1 is 1.35 bits per heavy atom. The molecule has 1 aromatic carbocycles. The number of nitrogens with zero attached hydrogens (tertiary/aromatic N) is 1. The number of benzene rings is 1. The minimum Gasteiger partial charge on any atom is -0.491 e. The quantitative estimate of drug-likeness (QED) is 0.817. The van der Waals surface area contributed by atoms with E-state index in [-0.39, 0.29) is 12.6 Å². The molecule has 1 atom stereocenters. The molecule has 1 aromatic heterocycles. The average molecular weight is 356 g/mol. The van der Waals surface area contributed by atoms with Crippen LogP contribution in [0.25, 0.3) is 11.1 Å². The average Bonchev–Trinajstić information content (AvgIpc) is 2.58. The first kappa shape index (κ1) is 18.0. The number of rotatable bonds is 6. The lowest BCUT2D eigenvalue weighted by molar-refractivity contribution is 0.176. The topological polar surface area (TPSA) is 80.7 Å². The van der Waals surface area contributed by atoms with Gasteiger partial charge in [0.2, 0.25) is 0 Å². The van der Waals surface area contributed by atoms with Gasteiger partial charge < -0.3 is 19.9 Å². The van der Waals surface area contributed by atoms with Crippen molar-refractivity contribution in [2.45, 2.75) is 39.8 Å². The molecule has 1 aliphatic heterocycles. The second-order valence-electron chi connectivity index (χ2n) is 6.96. The predicted molar refractivity (Wildman–Crippen MR) is 98.6 cm³/mol. The Morgan fingerprint density at radius 2 is 2.15 bits per heavy atom. The van der Waals surface area contributed by atoms with Crippen molar-refractivity contribution in [1.82, 2.24) is 10.3 Å². The summed E-state index contributed by atoms with van der Waals surface area (Å²) in [5.74, 6) is 1.81. The predicted octanol–water partition coefficient (Wildman–Crippen LogP) is 4.01. The van der Waals surface area contributed by atoms with Gasteiger partial charge in [-0.2, -0.15) is 0 Å². The van der Waals surface area contributed by atoms with Gasteiger partial charge in [0.05, 0.1) is 6.04 Å². The first-order valence-electron chi connectivity index (χ1n) is 8.78. The molecule has 3 rings (SSSR count). The zero-order chi connectivity index (χ0) is 18.7. The zero-order valence-electron chi connectivity index (χ0n) is 15.3. The summed E-state index contributed by atoms with van der Waals surface area (Å²) < 4.78 is 11.7. The molecule has 0 aliphatic carbocycles. The van der Waals surface area contributed by atoms with Crippen molar-refractivity contribution in [1.29, 1.82) is 0 Å². The largest absolute Gasteiger partial charge is 0.491 e. The van der Waals surface area contributed by atoms with Crippen LogP contribution in [0, 0.1) is 12.8 Å². The lowest BCUT2D eigenvalue weighted by Gasteiger charge is -2.23. The second kappa shape index (κ2) is 7.64. The summed E-state index contributed by atoms with van der Waals surface area (Å²) in [4.78, 5) is 15.3. The third-order valence-corrected chi connectivity index (χ3v) is 4.42. The van der Waals surface area contributed by atoms with E-state index in [0.717, 1.165) is 28.1 Å². The minimum atomic E-state index is -1.03. The van der Waals surface area contributed by atoms with E-state index in [9.17, 15) is 4.79 Å². The molecular weight excluding hydrogens is 332 g/mol. The lowest BCUT2D eigenvalue weighted by Crippen LogP contribution is -2.39. The van der Waals surface area contributed by atoms with Gasteiger partial charge in [-0.15, -0.1) is 0 Å². The van der Waals surface area contributed by atoms with E-state index in [1.54, 1.807) is 0 Å². The molecule has 6 nitrogen and oxygen atoms in total. The van der Waals surface area contributed by atoms with Crippen LogP contribution < -0.4 is 14.8 Å². The molecule has 138 valence electrons. The second-order valence-corrected chi connectivity index (χ2v) is 6.96. The van der Waals surface area contributed by atoms with Crippen molar-refractivity contribution in [3.8, 4) is 22.6 Å². The van der Waals surface area contributed by atoms with Crippen molar-refractivity contribution < 1.29 is 19.4 Å². The van der Waals surface area contributed by atoms with Crippen LogP contribution in [0.2, 0.25) is 0 Å². The minimum absolute atomic E-state index is 0.251. The fourth-order valence-corrected chi connectivity index (χ4v) is 3.22. The van der Waals surface area contributed by atoms with Gasteiger partial charge in [0.1, 0.15) is 24.7 Å². The fraction of sp³-hybridized carbons (Fsp3) is 0.400. The maximum Gasteiger partial charge on any atom is 0.404 e. The van der Waals surface area contributed by atoms with Gasteiger partial charge in [0, 0.05) is 29.1 Å². The third kappa shape index (κ3) is 4.07. The van der Waals surface area contributed by atoms with E-state index in [0.29, 0.717) is 24.7 Å². The molecule has 0 radical (unpaired) electrons. The summed E-state index contributed by atoms with van der Waals surface area (Å²) in [5, 5.41) is 11.5. The van der Waals surface area contributed by atoms with E-state index in [4.69, 9.17) is 14.6 Å². The zero-order valence-corrected chi connectivity index (χ0v) is 15.3. The Bertz CT molecular complexity index is 804. The standard InChI is InChI=1S/C20H24N2O4/c1-12(2)8-14(22-20(23)24)10-25-15-4-5-17-16-6-7-21-13(3)18(16)11-26-19(17)9-15/h4-7,9,12,14,22H,8,10-11H2,1-3H3,(H,23,24). The highest BCUT2D eigenvalue weighted by molar-refractivity contribution is 5.76. The monoisotopic (exact) mass is 356 g/mol. The molecule has 6 heteroatoms. The van der Waals surface area contributed by atoms with Crippen LogP contribution in [0.15, 0.2) is 30.5 Å². The molecule has 2 heterocycles. The summed E-state index contributed by atoms with van der Waals surface area (Å²) in [5.41, 5.74) is 4.24. The summed E-state index contributed by atoms with van der Waals surface area (Å²) in [6.45, 7) is 6.86. The van der Waals surface area contributed by atoms with Gasteiger partial charge in [0.15, 0.2) is 0 Å². The van der Waals surface area contributed by atoms with Gasteiger partial charge in [-0.25, -0.2) is 4.79 Å². The molecule has 1 amide bonds. The van der Waals surface area contributed by atoms with Gasteiger partial charge >= 0.3 is 6.09 Å². The number of ether oxygens (including phenoxy) is 2. The van der Waals surface area contributed by atoms with Crippen molar-refractivity contribution in [3.63, 3.8) is 0 Å². The van der Waals surface area contributed by atoms with Crippen LogP contribution in [0.3, 0.4) is 0 Å². The molecule has 0 saturated heterocycles. The number of fused-ring (bicyclic) bond motifs is 3. The van der Waals surface area contributed by atoms with Crippen LogP contribution in [0.1, 0.15) is 31.5 Å². The highest BCUT2D eigenvalue weighted by Gasteiger charge is 2.20. The third-order valence-electron chi connectivity index (χ3n) is 4.42. The van der Waals surface area contributed by atoms with Crippen molar-refractivity contribution in [2.24, 2.45) is 5.92 Å². The Labute approximate surface area is 153 Å². The van der Waals surface area contributed by atoms with E-state index in [1.807, 2.05) is 37.4 Å². The number of carbonyl (C=O) groups is 1. The number of hydrogen-bond donors (Lipinski definition) is 2. The SMILES string of the molecule is Cc1nccc2c1COc1cc(OCC(CC(C)C)NC(=O)O)ccc1-2. The Kier molecular flexibility index (Phi) is 5.30. The maximum absolute atomic E-state index is 10.9. The normalized spacial score (nSPS) is 13.4. The molecule has 0 fully saturated rings. The Balaban J connectivity index is 1.74. The van der Waals surface area contributed by atoms with E-state index in [2.05, 4.69) is 24.1 Å². The number of aryl methyl sites for hydroxylation is 1. The highest BCUT2D eigenvalue weighted by atomic mass is 16.5. The van der Waals surface area contributed by atoms with E-state index < -0.39 is 6.09 Å². The van der Waals surface area contributed by atoms with E-state index in [1.165, 1.54) is 0 Å². The molecule has 1 aliphatic rings. The van der Waals surface area contributed by atoms with Crippen molar-refractivity contribution in [2.75, 3.05) is 6.61 Å². The molecule has 1 unspecified atom stereocenters. The maximum atomic E-state index is 10.9. The molecule has 2 N–H and O–H groups in total. The van der Waals surface area contributed by atoms with Crippen LogP contribution in [-0.4, -0.2) is 28.8 Å². The number of carboxylic acid groups (broad SMARTS) is 1. The first-order valence-corrected chi connectivity index (χ1v) is 8.78. The summed E-state index contributed by atoms with van der Waals surface area (Å²) in [6, 6.07) is 7.48. The van der Waals surface area contributed by atoms with Crippen LogP contribution in [0.4, 0.5) is 4.79 Å². The number of amides is 1. The Morgan fingerprint density at radius 3 is 2.88 bits per heavy atom. The first-order chi connectivity index (χ1) is 12.4. The smallest absolute Gasteiger partial charge is 0.404 e.